The molecule has 0 aromatic carbocycles. The number of piperidine rings is 1. The first-order valence-corrected chi connectivity index (χ1v) is 9.37. The molecule has 136 valence electrons. The van der Waals surface area contributed by atoms with Gasteiger partial charge in [0, 0.05) is 30.2 Å². The minimum atomic E-state index is -0.0508. The number of aromatic nitrogens is 4. The molecule has 0 atom stereocenters. The summed E-state index contributed by atoms with van der Waals surface area (Å²) in [6.45, 7) is 4.03. The fraction of sp³-hybridized carbons (Fsp3) is 0.286. The van der Waals surface area contributed by atoms with Gasteiger partial charge in [-0.05, 0) is 62.5 Å². The Morgan fingerprint density at radius 2 is 1.89 bits per heavy atom. The van der Waals surface area contributed by atoms with Crippen molar-refractivity contribution in [1.82, 2.24) is 24.1 Å². The van der Waals surface area contributed by atoms with Crippen molar-refractivity contribution in [3.8, 4) is 11.3 Å². The van der Waals surface area contributed by atoms with Gasteiger partial charge in [0.2, 0.25) is 0 Å². The summed E-state index contributed by atoms with van der Waals surface area (Å²) >= 11 is 0. The molecule has 5 rings (SSSR count). The number of nitrogens with one attached hydrogen (secondary N) is 1. The second-order valence-electron chi connectivity index (χ2n) is 7.26. The summed E-state index contributed by atoms with van der Waals surface area (Å²) in [6, 6.07) is 9.62. The highest BCUT2D eigenvalue weighted by Gasteiger charge is 2.16. The molecule has 4 aromatic heterocycles. The van der Waals surface area contributed by atoms with Gasteiger partial charge in [-0.3, -0.25) is 9.20 Å². The van der Waals surface area contributed by atoms with E-state index in [2.05, 4.69) is 16.4 Å². The number of nitrogens with zero attached hydrogens (tertiary/aromatic N) is 4. The molecule has 1 N–H and O–H groups in total. The molecule has 0 radical (unpaired) electrons. The lowest BCUT2D eigenvalue weighted by Gasteiger charge is -2.23. The van der Waals surface area contributed by atoms with Crippen LogP contribution in [0.1, 0.15) is 30.0 Å². The predicted molar refractivity (Wildman–Crippen MR) is 105 cm³/mol. The van der Waals surface area contributed by atoms with Crippen LogP contribution >= 0.6 is 0 Å². The van der Waals surface area contributed by atoms with Crippen molar-refractivity contribution in [2.24, 2.45) is 0 Å². The Hall–Kier alpha value is -2.99. The molecular weight excluding hydrogens is 338 g/mol. The number of imidazole rings is 1. The van der Waals surface area contributed by atoms with Crippen molar-refractivity contribution in [2.45, 2.75) is 25.7 Å². The largest absolute Gasteiger partial charge is 0.317 e. The predicted octanol–water partition coefficient (Wildman–Crippen LogP) is 2.78. The van der Waals surface area contributed by atoms with Crippen LogP contribution in [0.3, 0.4) is 0 Å². The molecule has 1 fully saturated rings. The molecule has 0 saturated carbocycles. The van der Waals surface area contributed by atoms with E-state index in [0.717, 1.165) is 42.8 Å². The molecule has 1 saturated heterocycles. The van der Waals surface area contributed by atoms with E-state index < -0.39 is 0 Å². The van der Waals surface area contributed by atoms with Gasteiger partial charge in [0.1, 0.15) is 11.3 Å². The smallest absolute Gasteiger partial charge is 0.258 e. The average molecular weight is 359 g/mol. The zero-order valence-corrected chi connectivity index (χ0v) is 15.2. The van der Waals surface area contributed by atoms with Gasteiger partial charge in [0.15, 0.2) is 0 Å². The van der Waals surface area contributed by atoms with Gasteiger partial charge in [-0.1, -0.05) is 6.07 Å². The molecule has 0 unspecified atom stereocenters. The van der Waals surface area contributed by atoms with Crippen LogP contribution in [0.2, 0.25) is 0 Å². The molecule has 1 aliphatic rings. The maximum absolute atomic E-state index is 12.8. The van der Waals surface area contributed by atoms with E-state index in [1.54, 1.807) is 10.5 Å². The first kappa shape index (κ1) is 16.2. The van der Waals surface area contributed by atoms with Gasteiger partial charge in [-0.15, -0.1) is 0 Å². The maximum Gasteiger partial charge on any atom is 0.258 e. The Bertz CT molecular complexity index is 1200. The van der Waals surface area contributed by atoms with Crippen LogP contribution in [0.25, 0.3) is 22.6 Å². The Balaban J connectivity index is 1.58. The molecule has 5 heterocycles. The summed E-state index contributed by atoms with van der Waals surface area (Å²) in [5, 5.41) is 3.39. The van der Waals surface area contributed by atoms with E-state index in [4.69, 9.17) is 4.98 Å². The Labute approximate surface area is 156 Å². The SMILES string of the molecule is Cc1cn2ccc(-c3cc(=O)n4cc(C5CCNCC5)ccc4n3)cc2n1. The zero-order chi connectivity index (χ0) is 18.4. The van der Waals surface area contributed by atoms with E-state index in [9.17, 15) is 4.79 Å². The van der Waals surface area contributed by atoms with Crippen molar-refractivity contribution in [3.63, 3.8) is 0 Å². The summed E-state index contributed by atoms with van der Waals surface area (Å²) < 4.78 is 3.64. The first-order chi connectivity index (χ1) is 13.2. The van der Waals surface area contributed by atoms with E-state index >= 15 is 0 Å². The number of fused-ring (bicyclic) bond motifs is 2. The topological polar surface area (TPSA) is 63.7 Å². The average Bonchev–Trinajstić information content (AvgIpc) is 3.07. The summed E-state index contributed by atoms with van der Waals surface area (Å²) in [5.74, 6) is 0.508. The molecule has 0 amide bonds. The summed E-state index contributed by atoms with van der Waals surface area (Å²) in [5.41, 5.74) is 5.24. The van der Waals surface area contributed by atoms with Crippen LogP contribution in [0.15, 0.2) is 53.7 Å². The maximum atomic E-state index is 12.8. The molecular formula is C21H21N5O. The van der Waals surface area contributed by atoms with Gasteiger partial charge in [0.25, 0.3) is 5.56 Å². The van der Waals surface area contributed by atoms with Crippen molar-refractivity contribution in [3.05, 3.63) is 70.5 Å². The van der Waals surface area contributed by atoms with Gasteiger partial charge >= 0.3 is 0 Å². The third-order valence-corrected chi connectivity index (χ3v) is 5.37. The van der Waals surface area contributed by atoms with Crippen LogP contribution in [-0.2, 0) is 0 Å². The van der Waals surface area contributed by atoms with Crippen molar-refractivity contribution < 1.29 is 0 Å². The molecule has 6 heteroatoms. The van der Waals surface area contributed by atoms with E-state index in [1.165, 1.54) is 5.56 Å². The van der Waals surface area contributed by atoms with Crippen LogP contribution in [-0.4, -0.2) is 31.9 Å². The quantitative estimate of drug-likeness (QED) is 0.598. The molecule has 0 bridgehead atoms. The standard InChI is InChI=1S/C21H21N5O/c1-14-12-25-9-6-16(10-20(25)23-14)18-11-21(27)26-13-17(2-3-19(26)24-18)15-4-7-22-8-5-15/h2-3,6,9-13,15,22H,4-5,7-8H2,1H3. The van der Waals surface area contributed by atoms with Crippen LogP contribution in [0.4, 0.5) is 0 Å². The minimum absolute atomic E-state index is 0.0508. The van der Waals surface area contributed by atoms with Gasteiger partial charge in [-0.25, -0.2) is 9.97 Å². The number of hydrogen-bond donors (Lipinski definition) is 1. The third kappa shape index (κ3) is 2.92. The number of aryl methyl sites for hydroxylation is 1. The molecule has 1 aliphatic heterocycles. The fourth-order valence-corrected chi connectivity index (χ4v) is 3.93. The number of rotatable bonds is 2. The molecule has 4 aromatic rings. The second-order valence-corrected chi connectivity index (χ2v) is 7.26. The lowest BCUT2D eigenvalue weighted by Crippen LogP contribution is -2.27. The Morgan fingerprint density at radius 3 is 2.74 bits per heavy atom. The first-order valence-electron chi connectivity index (χ1n) is 9.37. The van der Waals surface area contributed by atoms with Crippen LogP contribution < -0.4 is 10.9 Å². The van der Waals surface area contributed by atoms with Gasteiger partial charge in [-0.2, -0.15) is 0 Å². The summed E-state index contributed by atoms with van der Waals surface area (Å²) in [7, 11) is 0. The van der Waals surface area contributed by atoms with Gasteiger partial charge < -0.3 is 9.72 Å². The summed E-state index contributed by atoms with van der Waals surface area (Å²) in [6.07, 6.45) is 8.11. The normalized spacial score (nSPS) is 15.6. The van der Waals surface area contributed by atoms with Crippen molar-refractivity contribution in [1.29, 1.82) is 0 Å². The van der Waals surface area contributed by atoms with Crippen molar-refractivity contribution >= 4 is 11.3 Å². The fourth-order valence-electron chi connectivity index (χ4n) is 3.93. The number of hydrogen-bond acceptors (Lipinski definition) is 4. The highest BCUT2D eigenvalue weighted by Crippen LogP contribution is 2.25. The van der Waals surface area contributed by atoms with Crippen LogP contribution in [0.5, 0.6) is 0 Å². The van der Waals surface area contributed by atoms with E-state index in [-0.39, 0.29) is 5.56 Å². The summed E-state index contributed by atoms with van der Waals surface area (Å²) in [4.78, 5) is 22.0. The van der Waals surface area contributed by atoms with Crippen molar-refractivity contribution in [2.75, 3.05) is 13.1 Å². The zero-order valence-electron chi connectivity index (χ0n) is 15.2. The lowest BCUT2D eigenvalue weighted by atomic mass is 9.91. The molecule has 27 heavy (non-hydrogen) atoms. The molecule has 6 nitrogen and oxygen atoms in total. The Kier molecular flexibility index (Phi) is 3.79. The van der Waals surface area contributed by atoms with E-state index in [1.807, 2.05) is 48.1 Å². The van der Waals surface area contributed by atoms with Gasteiger partial charge in [0.05, 0.1) is 11.4 Å². The van der Waals surface area contributed by atoms with Crippen LogP contribution in [0, 0.1) is 6.92 Å². The highest BCUT2D eigenvalue weighted by atomic mass is 16.1. The lowest BCUT2D eigenvalue weighted by molar-refractivity contribution is 0.459. The molecule has 0 spiro atoms. The third-order valence-electron chi connectivity index (χ3n) is 5.37. The van der Waals surface area contributed by atoms with E-state index in [0.29, 0.717) is 17.3 Å². The second kappa shape index (κ2) is 6.32. The molecule has 0 aliphatic carbocycles. The number of pyridine rings is 2. The Morgan fingerprint density at radius 1 is 1.04 bits per heavy atom. The monoisotopic (exact) mass is 359 g/mol. The highest BCUT2D eigenvalue weighted by molar-refractivity contribution is 5.65. The minimum Gasteiger partial charge on any atom is -0.317 e.